The summed E-state index contributed by atoms with van der Waals surface area (Å²) in [6.45, 7) is 1.98. The first kappa shape index (κ1) is 9.73. The standard InChI is InChI=1S/C11H13N3O/c1-7-3-2-4-8(5-7)10(15)9-6-13-14-11(9)12/h2-6,10,15H,1H3,(H3,12,13,14). The number of hydrogen-bond acceptors (Lipinski definition) is 3. The first-order valence-electron chi connectivity index (χ1n) is 4.72. The van der Waals surface area contributed by atoms with E-state index in [4.69, 9.17) is 5.73 Å². The van der Waals surface area contributed by atoms with E-state index in [0.717, 1.165) is 11.1 Å². The molecule has 1 heterocycles. The number of nitrogens with two attached hydrogens (primary N) is 1. The first-order valence-corrected chi connectivity index (χ1v) is 4.72. The first-order chi connectivity index (χ1) is 7.18. The Morgan fingerprint density at radius 3 is 2.87 bits per heavy atom. The van der Waals surface area contributed by atoms with Crippen molar-refractivity contribution >= 4 is 5.82 Å². The molecule has 0 spiro atoms. The number of aliphatic hydroxyl groups excluding tert-OH is 1. The number of aliphatic hydroxyl groups is 1. The van der Waals surface area contributed by atoms with Crippen molar-refractivity contribution < 1.29 is 5.11 Å². The summed E-state index contributed by atoms with van der Waals surface area (Å²) >= 11 is 0. The summed E-state index contributed by atoms with van der Waals surface area (Å²) in [4.78, 5) is 0. The number of rotatable bonds is 2. The Kier molecular flexibility index (Phi) is 2.43. The minimum absolute atomic E-state index is 0.406. The van der Waals surface area contributed by atoms with Gasteiger partial charge in [-0.25, -0.2) is 0 Å². The van der Waals surface area contributed by atoms with Gasteiger partial charge in [-0.1, -0.05) is 29.8 Å². The summed E-state index contributed by atoms with van der Waals surface area (Å²) in [5.41, 5.74) is 8.18. The number of H-pyrrole nitrogens is 1. The number of anilines is 1. The topological polar surface area (TPSA) is 74.9 Å². The third-order valence-electron chi connectivity index (χ3n) is 2.35. The van der Waals surface area contributed by atoms with Crippen LogP contribution < -0.4 is 5.73 Å². The molecule has 0 saturated carbocycles. The zero-order valence-electron chi connectivity index (χ0n) is 8.44. The fraction of sp³-hybridized carbons (Fsp3) is 0.182. The molecule has 0 aliphatic rings. The van der Waals surface area contributed by atoms with Crippen molar-refractivity contribution in [3.63, 3.8) is 0 Å². The van der Waals surface area contributed by atoms with E-state index in [0.29, 0.717) is 11.4 Å². The molecule has 78 valence electrons. The zero-order valence-corrected chi connectivity index (χ0v) is 8.44. The van der Waals surface area contributed by atoms with E-state index in [1.165, 1.54) is 0 Å². The van der Waals surface area contributed by atoms with Crippen molar-refractivity contribution in [2.24, 2.45) is 0 Å². The number of hydrogen-bond donors (Lipinski definition) is 3. The van der Waals surface area contributed by atoms with Gasteiger partial charge in [-0.3, -0.25) is 5.10 Å². The summed E-state index contributed by atoms with van der Waals surface area (Å²) in [6, 6.07) is 7.68. The van der Waals surface area contributed by atoms with Gasteiger partial charge in [0, 0.05) is 5.56 Å². The Morgan fingerprint density at radius 2 is 2.27 bits per heavy atom. The predicted octanol–water partition coefficient (Wildman–Crippen LogP) is 1.38. The van der Waals surface area contributed by atoms with Crippen molar-refractivity contribution in [2.45, 2.75) is 13.0 Å². The van der Waals surface area contributed by atoms with Crippen LogP contribution in [0.15, 0.2) is 30.5 Å². The molecule has 1 atom stereocenters. The smallest absolute Gasteiger partial charge is 0.125 e. The Morgan fingerprint density at radius 1 is 1.47 bits per heavy atom. The van der Waals surface area contributed by atoms with E-state index in [2.05, 4.69) is 10.2 Å². The number of aromatic nitrogens is 2. The van der Waals surface area contributed by atoms with Crippen LogP contribution in [0.1, 0.15) is 22.8 Å². The maximum Gasteiger partial charge on any atom is 0.125 e. The van der Waals surface area contributed by atoms with Crippen molar-refractivity contribution in [1.82, 2.24) is 10.2 Å². The van der Waals surface area contributed by atoms with Crippen molar-refractivity contribution in [3.05, 3.63) is 47.2 Å². The highest BCUT2D eigenvalue weighted by atomic mass is 16.3. The largest absolute Gasteiger partial charge is 0.384 e. The molecule has 0 aliphatic heterocycles. The van der Waals surface area contributed by atoms with Crippen molar-refractivity contribution in [3.8, 4) is 0 Å². The van der Waals surface area contributed by atoms with Crippen molar-refractivity contribution in [2.75, 3.05) is 5.73 Å². The molecule has 4 N–H and O–H groups in total. The maximum absolute atomic E-state index is 10.0. The van der Waals surface area contributed by atoms with E-state index in [1.54, 1.807) is 6.20 Å². The second kappa shape index (κ2) is 3.74. The molecule has 1 aromatic carbocycles. The molecule has 0 saturated heterocycles. The summed E-state index contributed by atoms with van der Waals surface area (Å²) in [7, 11) is 0. The normalized spacial score (nSPS) is 12.7. The Balaban J connectivity index is 2.36. The minimum Gasteiger partial charge on any atom is -0.384 e. The summed E-state index contributed by atoms with van der Waals surface area (Å²) in [5, 5.41) is 16.4. The van der Waals surface area contributed by atoms with E-state index >= 15 is 0 Å². The van der Waals surface area contributed by atoms with Gasteiger partial charge in [-0.2, -0.15) is 5.10 Å². The second-order valence-electron chi connectivity index (χ2n) is 3.56. The molecule has 4 heteroatoms. The van der Waals surface area contributed by atoms with E-state index in [-0.39, 0.29) is 0 Å². The quantitative estimate of drug-likeness (QED) is 0.690. The molecule has 15 heavy (non-hydrogen) atoms. The van der Waals surface area contributed by atoms with Gasteiger partial charge in [0.05, 0.1) is 6.20 Å². The number of benzene rings is 1. The molecule has 1 unspecified atom stereocenters. The van der Waals surface area contributed by atoms with Gasteiger partial charge >= 0.3 is 0 Å². The number of nitrogens with zero attached hydrogens (tertiary/aromatic N) is 1. The fourth-order valence-corrected chi connectivity index (χ4v) is 1.54. The van der Waals surface area contributed by atoms with Crippen LogP contribution in [0.4, 0.5) is 5.82 Å². The number of aromatic amines is 1. The molecule has 0 radical (unpaired) electrons. The summed E-state index contributed by atoms with van der Waals surface area (Å²) in [6.07, 6.45) is 0.825. The average Bonchev–Trinajstić information content (AvgIpc) is 2.63. The average molecular weight is 203 g/mol. The van der Waals surface area contributed by atoms with Gasteiger partial charge in [0.2, 0.25) is 0 Å². The van der Waals surface area contributed by atoms with E-state index in [1.807, 2.05) is 31.2 Å². The third kappa shape index (κ3) is 1.85. The fourth-order valence-electron chi connectivity index (χ4n) is 1.54. The lowest BCUT2D eigenvalue weighted by molar-refractivity contribution is 0.221. The Labute approximate surface area is 87.7 Å². The minimum atomic E-state index is -0.719. The van der Waals surface area contributed by atoms with Crippen LogP contribution in [0.5, 0.6) is 0 Å². The summed E-state index contributed by atoms with van der Waals surface area (Å²) in [5.74, 6) is 0.406. The zero-order chi connectivity index (χ0) is 10.8. The molecule has 4 nitrogen and oxygen atoms in total. The highest BCUT2D eigenvalue weighted by molar-refractivity contribution is 5.43. The highest BCUT2D eigenvalue weighted by Crippen LogP contribution is 2.25. The lowest BCUT2D eigenvalue weighted by Crippen LogP contribution is -2.02. The van der Waals surface area contributed by atoms with Crippen LogP contribution in [-0.4, -0.2) is 15.3 Å². The van der Waals surface area contributed by atoms with Crippen molar-refractivity contribution in [1.29, 1.82) is 0 Å². The van der Waals surface area contributed by atoms with Crippen LogP contribution in [0.3, 0.4) is 0 Å². The van der Waals surface area contributed by atoms with Crippen LogP contribution in [-0.2, 0) is 0 Å². The monoisotopic (exact) mass is 203 g/mol. The number of nitrogen functional groups attached to an aromatic ring is 1. The van der Waals surface area contributed by atoms with Gasteiger partial charge < -0.3 is 10.8 Å². The molecular weight excluding hydrogens is 190 g/mol. The van der Waals surface area contributed by atoms with Crippen LogP contribution in [0, 0.1) is 6.92 Å². The Hall–Kier alpha value is -1.81. The third-order valence-corrected chi connectivity index (χ3v) is 2.35. The lowest BCUT2D eigenvalue weighted by atomic mass is 10.0. The summed E-state index contributed by atoms with van der Waals surface area (Å²) < 4.78 is 0. The van der Waals surface area contributed by atoms with Gasteiger partial charge in [0.1, 0.15) is 11.9 Å². The second-order valence-corrected chi connectivity index (χ2v) is 3.56. The van der Waals surface area contributed by atoms with Gasteiger partial charge in [0.25, 0.3) is 0 Å². The molecule has 2 rings (SSSR count). The molecule has 0 aliphatic carbocycles. The number of aryl methyl sites for hydroxylation is 1. The van der Waals surface area contributed by atoms with Crippen LogP contribution >= 0.6 is 0 Å². The van der Waals surface area contributed by atoms with E-state index < -0.39 is 6.10 Å². The predicted molar refractivity (Wildman–Crippen MR) is 58.2 cm³/mol. The Bertz CT molecular complexity index is 464. The highest BCUT2D eigenvalue weighted by Gasteiger charge is 2.14. The molecule has 0 bridgehead atoms. The van der Waals surface area contributed by atoms with Crippen LogP contribution in [0.25, 0.3) is 0 Å². The van der Waals surface area contributed by atoms with E-state index in [9.17, 15) is 5.11 Å². The van der Waals surface area contributed by atoms with Gasteiger partial charge in [-0.15, -0.1) is 0 Å². The lowest BCUT2D eigenvalue weighted by Gasteiger charge is -2.10. The molecule has 0 fully saturated rings. The SMILES string of the molecule is Cc1cccc(C(O)c2cn[nH]c2N)c1. The molecule has 0 amide bonds. The molecule has 1 aromatic heterocycles. The maximum atomic E-state index is 10.0. The number of nitrogens with one attached hydrogen (secondary N) is 1. The van der Waals surface area contributed by atoms with Crippen LogP contribution in [0.2, 0.25) is 0 Å². The molecule has 2 aromatic rings. The molecular formula is C11H13N3O. The van der Waals surface area contributed by atoms with Gasteiger partial charge in [0.15, 0.2) is 0 Å². The van der Waals surface area contributed by atoms with Gasteiger partial charge in [-0.05, 0) is 12.5 Å².